The molecule has 1 aromatic rings. The van der Waals surface area contributed by atoms with Gasteiger partial charge in [-0.25, -0.2) is 0 Å². The van der Waals surface area contributed by atoms with E-state index in [-0.39, 0.29) is 29.1 Å². The zero-order valence-corrected chi connectivity index (χ0v) is 16.3. The number of carbonyl (C=O) groups excluding carboxylic acids is 2. The average molecular weight is 363 g/mol. The predicted octanol–water partition coefficient (Wildman–Crippen LogP) is 3.98. The first-order chi connectivity index (χ1) is 12.1. The van der Waals surface area contributed by atoms with Crippen molar-refractivity contribution in [3.63, 3.8) is 0 Å². The van der Waals surface area contributed by atoms with Crippen molar-refractivity contribution in [3.8, 4) is 0 Å². The molecule has 5 heteroatoms. The van der Waals surface area contributed by atoms with Crippen LogP contribution in [-0.4, -0.2) is 35.1 Å². The Hall–Kier alpha value is -1.49. The van der Waals surface area contributed by atoms with Crippen LogP contribution in [0.2, 0.25) is 0 Å². The fraction of sp³-hybridized carbons (Fsp3) is 0.600. The summed E-state index contributed by atoms with van der Waals surface area (Å²) in [6.07, 6.45) is 4.52. The molecule has 25 heavy (non-hydrogen) atoms. The number of amides is 2. The van der Waals surface area contributed by atoms with Crippen LogP contribution in [0.15, 0.2) is 30.3 Å². The summed E-state index contributed by atoms with van der Waals surface area (Å²) >= 11 is 1.68. The van der Waals surface area contributed by atoms with E-state index in [9.17, 15) is 9.59 Å². The fourth-order valence-corrected chi connectivity index (χ4v) is 4.47. The Labute approximate surface area is 155 Å². The molecule has 1 aliphatic rings. The molecule has 1 heterocycles. The largest absolute Gasteiger partial charge is 0.354 e. The number of benzene rings is 1. The second-order valence-electron chi connectivity index (χ2n) is 6.86. The Balaban J connectivity index is 2.06. The number of nitrogens with zero attached hydrogens (tertiary/aromatic N) is 1. The van der Waals surface area contributed by atoms with Crippen LogP contribution in [0.4, 0.5) is 0 Å². The Kier molecular flexibility index (Phi) is 7.82. The third kappa shape index (κ3) is 5.24. The van der Waals surface area contributed by atoms with E-state index in [0.29, 0.717) is 12.3 Å². The van der Waals surface area contributed by atoms with Gasteiger partial charge in [0.15, 0.2) is 0 Å². The number of nitrogens with one attached hydrogen (secondary N) is 1. The van der Waals surface area contributed by atoms with Gasteiger partial charge in [0.1, 0.15) is 11.4 Å². The van der Waals surface area contributed by atoms with E-state index in [1.54, 1.807) is 16.7 Å². The predicted molar refractivity (Wildman–Crippen MR) is 104 cm³/mol. The number of carbonyl (C=O) groups is 2. The van der Waals surface area contributed by atoms with E-state index in [1.165, 1.54) is 12.8 Å². The van der Waals surface area contributed by atoms with Crippen LogP contribution < -0.4 is 5.32 Å². The molecule has 0 radical (unpaired) electrons. The van der Waals surface area contributed by atoms with Crippen molar-refractivity contribution in [1.82, 2.24) is 10.2 Å². The molecule has 0 aromatic heterocycles. The lowest BCUT2D eigenvalue weighted by molar-refractivity contribution is -0.142. The summed E-state index contributed by atoms with van der Waals surface area (Å²) in [6, 6.07) is 9.62. The standard InChI is InChI=1S/C20H30N2O2S/c1-4-5-6-10-13-21-18(23)17-14-25-20(16-11-8-7-9-12-16)22(17)19(24)15(2)3/h7-9,11-12,15,17,20H,4-6,10,13-14H2,1-3H3,(H,21,23)/t17-,20+/m1/s1. The number of unbranched alkanes of at least 4 members (excludes halogenated alkanes) is 3. The highest BCUT2D eigenvalue weighted by Crippen LogP contribution is 2.42. The Morgan fingerprint density at radius 2 is 1.92 bits per heavy atom. The summed E-state index contributed by atoms with van der Waals surface area (Å²) in [7, 11) is 0. The minimum Gasteiger partial charge on any atom is -0.354 e. The maximum atomic E-state index is 12.8. The van der Waals surface area contributed by atoms with E-state index in [0.717, 1.165) is 18.4 Å². The Morgan fingerprint density at radius 3 is 2.56 bits per heavy atom. The van der Waals surface area contributed by atoms with Crippen LogP contribution in [0.5, 0.6) is 0 Å². The monoisotopic (exact) mass is 362 g/mol. The van der Waals surface area contributed by atoms with Gasteiger partial charge in [-0.3, -0.25) is 9.59 Å². The molecule has 138 valence electrons. The van der Waals surface area contributed by atoms with Gasteiger partial charge in [-0.1, -0.05) is 70.4 Å². The van der Waals surface area contributed by atoms with Crippen molar-refractivity contribution in [2.45, 2.75) is 57.9 Å². The summed E-state index contributed by atoms with van der Waals surface area (Å²) in [5.41, 5.74) is 1.08. The smallest absolute Gasteiger partial charge is 0.243 e. The van der Waals surface area contributed by atoms with Gasteiger partial charge in [0.05, 0.1) is 0 Å². The van der Waals surface area contributed by atoms with Crippen LogP contribution >= 0.6 is 11.8 Å². The first-order valence-corrected chi connectivity index (χ1v) is 10.4. The number of rotatable bonds is 8. The van der Waals surface area contributed by atoms with Gasteiger partial charge in [-0.15, -0.1) is 11.8 Å². The van der Waals surface area contributed by atoms with E-state index in [4.69, 9.17) is 0 Å². The number of hydrogen-bond donors (Lipinski definition) is 1. The quantitative estimate of drug-likeness (QED) is 0.712. The summed E-state index contributed by atoms with van der Waals surface area (Å²) in [5.74, 6) is 0.560. The maximum Gasteiger partial charge on any atom is 0.243 e. The molecule has 2 amide bonds. The van der Waals surface area contributed by atoms with E-state index >= 15 is 0 Å². The Morgan fingerprint density at radius 1 is 1.20 bits per heavy atom. The van der Waals surface area contributed by atoms with Crippen molar-refractivity contribution >= 4 is 23.6 Å². The van der Waals surface area contributed by atoms with Crippen molar-refractivity contribution in [1.29, 1.82) is 0 Å². The lowest BCUT2D eigenvalue weighted by atomic mass is 10.1. The second-order valence-corrected chi connectivity index (χ2v) is 7.98. The normalized spacial score (nSPS) is 20.1. The van der Waals surface area contributed by atoms with Crippen LogP contribution in [-0.2, 0) is 9.59 Å². The lowest BCUT2D eigenvalue weighted by Crippen LogP contribution is -2.49. The molecule has 1 aliphatic heterocycles. The van der Waals surface area contributed by atoms with Gasteiger partial charge < -0.3 is 10.2 Å². The highest BCUT2D eigenvalue weighted by atomic mass is 32.2. The fourth-order valence-electron chi connectivity index (χ4n) is 3.03. The first kappa shape index (κ1) is 19.8. The molecule has 1 aromatic carbocycles. The average Bonchev–Trinajstić information content (AvgIpc) is 3.06. The summed E-state index contributed by atoms with van der Waals surface area (Å²) < 4.78 is 0. The second kappa shape index (κ2) is 9.85. The lowest BCUT2D eigenvalue weighted by Gasteiger charge is -2.30. The molecule has 2 atom stereocenters. The molecule has 0 bridgehead atoms. The van der Waals surface area contributed by atoms with Crippen LogP contribution in [0.3, 0.4) is 0 Å². The summed E-state index contributed by atoms with van der Waals surface area (Å²) in [4.78, 5) is 27.3. The molecule has 0 saturated carbocycles. The third-order valence-corrected chi connectivity index (χ3v) is 5.79. The van der Waals surface area contributed by atoms with Crippen LogP contribution in [0, 0.1) is 5.92 Å². The minimum absolute atomic E-state index is 0.0172. The van der Waals surface area contributed by atoms with Gasteiger partial charge >= 0.3 is 0 Å². The van der Waals surface area contributed by atoms with Gasteiger partial charge in [0, 0.05) is 18.2 Å². The number of thioether (sulfide) groups is 1. The van der Waals surface area contributed by atoms with E-state index in [2.05, 4.69) is 12.2 Å². The molecular formula is C20H30N2O2S. The molecule has 1 saturated heterocycles. The summed E-state index contributed by atoms with van der Waals surface area (Å²) in [5, 5.41) is 2.96. The van der Waals surface area contributed by atoms with Crippen molar-refractivity contribution in [3.05, 3.63) is 35.9 Å². The molecule has 1 N–H and O–H groups in total. The molecular weight excluding hydrogens is 332 g/mol. The minimum atomic E-state index is -0.378. The van der Waals surface area contributed by atoms with Gasteiger partial charge in [0.2, 0.25) is 11.8 Å². The van der Waals surface area contributed by atoms with Crippen molar-refractivity contribution in [2.75, 3.05) is 12.3 Å². The van der Waals surface area contributed by atoms with Crippen LogP contribution in [0.25, 0.3) is 0 Å². The Bertz CT molecular complexity index is 562. The molecule has 0 aliphatic carbocycles. The zero-order chi connectivity index (χ0) is 18.2. The zero-order valence-electron chi connectivity index (χ0n) is 15.5. The van der Waals surface area contributed by atoms with Gasteiger partial charge in [-0.2, -0.15) is 0 Å². The van der Waals surface area contributed by atoms with Gasteiger partial charge in [-0.05, 0) is 12.0 Å². The summed E-state index contributed by atoms with van der Waals surface area (Å²) in [6.45, 7) is 6.66. The molecule has 1 fully saturated rings. The third-order valence-electron chi connectivity index (χ3n) is 4.47. The van der Waals surface area contributed by atoms with Gasteiger partial charge in [0.25, 0.3) is 0 Å². The molecule has 4 nitrogen and oxygen atoms in total. The topological polar surface area (TPSA) is 49.4 Å². The molecule has 0 unspecified atom stereocenters. The molecule has 2 rings (SSSR count). The highest BCUT2D eigenvalue weighted by molar-refractivity contribution is 7.99. The maximum absolute atomic E-state index is 12.8. The van der Waals surface area contributed by atoms with E-state index in [1.807, 2.05) is 44.2 Å². The van der Waals surface area contributed by atoms with Crippen molar-refractivity contribution in [2.24, 2.45) is 5.92 Å². The number of hydrogen-bond acceptors (Lipinski definition) is 3. The highest BCUT2D eigenvalue weighted by Gasteiger charge is 2.42. The molecule has 0 spiro atoms. The first-order valence-electron chi connectivity index (χ1n) is 9.32. The SMILES string of the molecule is CCCCCCNC(=O)[C@H]1CS[C@@H](c2ccccc2)N1C(=O)C(C)C. The van der Waals surface area contributed by atoms with Crippen LogP contribution in [0.1, 0.15) is 57.4 Å². The van der Waals surface area contributed by atoms with Crippen molar-refractivity contribution < 1.29 is 9.59 Å². The van der Waals surface area contributed by atoms with E-state index < -0.39 is 0 Å².